The van der Waals surface area contributed by atoms with Gasteiger partial charge in [-0.05, 0) is 86.5 Å². The Balaban J connectivity index is 1.28. The summed E-state index contributed by atoms with van der Waals surface area (Å²) < 4.78 is 28.3. The molecule has 0 unspecified atom stereocenters. The Morgan fingerprint density at radius 3 is 2.68 bits per heavy atom. The minimum Gasteiger partial charge on any atom is -0.339 e. The van der Waals surface area contributed by atoms with E-state index in [4.69, 9.17) is 4.98 Å². The number of halogens is 2. The third-order valence-electron chi connectivity index (χ3n) is 8.28. The molecule has 2 saturated heterocycles. The van der Waals surface area contributed by atoms with Gasteiger partial charge in [0.25, 0.3) is 12.3 Å². The average molecular weight is 540 g/mol. The monoisotopic (exact) mass is 539 g/mol. The van der Waals surface area contributed by atoms with Gasteiger partial charge in [-0.1, -0.05) is 12.6 Å². The second-order valence-corrected chi connectivity index (χ2v) is 12.0. The van der Waals surface area contributed by atoms with Crippen LogP contribution in [0.25, 0.3) is 11.0 Å². The maximum Gasteiger partial charge on any atom is 0.272 e. The second-order valence-electron chi connectivity index (χ2n) is 10.8. The van der Waals surface area contributed by atoms with Crippen LogP contribution in [-0.2, 0) is 11.3 Å². The summed E-state index contributed by atoms with van der Waals surface area (Å²) in [5, 5.41) is 2.92. The molecule has 0 atom stereocenters. The fourth-order valence-electron chi connectivity index (χ4n) is 6.36. The highest BCUT2D eigenvalue weighted by molar-refractivity contribution is 7.14. The van der Waals surface area contributed by atoms with Crippen LogP contribution in [0.2, 0.25) is 0 Å². The van der Waals surface area contributed by atoms with Crippen molar-refractivity contribution >= 4 is 40.1 Å². The van der Waals surface area contributed by atoms with E-state index in [1.807, 2.05) is 4.90 Å². The summed E-state index contributed by atoms with van der Waals surface area (Å²) in [5.41, 5.74) is 3.01. The van der Waals surface area contributed by atoms with E-state index in [0.29, 0.717) is 12.5 Å². The maximum atomic E-state index is 13.1. The number of hydrogen-bond acceptors (Lipinski definition) is 5. The zero-order chi connectivity index (χ0) is 26.4. The molecule has 3 fully saturated rings. The Labute approximate surface area is 224 Å². The van der Waals surface area contributed by atoms with Gasteiger partial charge in [0.15, 0.2) is 0 Å². The van der Waals surface area contributed by atoms with Crippen molar-refractivity contribution in [3.05, 3.63) is 58.3 Å². The van der Waals surface area contributed by atoms with Crippen LogP contribution in [0.3, 0.4) is 0 Å². The first-order valence-electron chi connectivity index (χ1n) is 13.2. The summed E-state index contributed by atoms with van der Waals surface area (Å²) >= 11 is 0.800. The van der Waals surface area contributed by atoms with Crippen molar-refractivity contribution in [3.8, 4) is 0 Å². The van der Waals surface area contributed by atoms with E-state index < -0.39 is 12.3 Å². The number of anilines is 1. The Morgan fingerprint density at radius 2 is 1.97 bits per heavy atom. The number of fused-ring (bicyclic) bond motifs is 1. The molecule has 2 aliphatic heterocycles. The standard InChI is InChI=1S/C28H31F2N5O2S/c1-2-24(36)34-12-9-28(17-34)14-19(15-28)35-21-6-5-18(16-33-10-3-4-11-33)13-20(21)31-27(35)32-26(37)23-8-7-22(38-23)25(29)30/h2,5-8,13,19,25H,1,3-4,9-12,14-17H2,(H,31,32,37). The van der Waals surface area contributed by atoms with E-state index in [-0.39, 0.29) is 27.1 Å². The molecule has 200 valence electrons. The summed E-state index contributed by atoms with van der Waals surface area (Å²) in [6.07, 6.45) is 3.92. The van der Waals surface area contributed by atoms with Crippen LogP contribution in [-0.4, -0.2) is 57.3 Å². The second kappa shape index (κ2) is 9.89. The SMILES string of the molecule is C=CC(=O)N1CCC2(CC(n3c(NC(=O)c4ccc(C(F)F)s4)nc4cc(CN5CCCC5)ccc43)C2)C1. The molecule has 1 spiro atoms. The zero-order valence-electron chi connectivity index (χ0n) is 21.2. The van der Waals surface area contributed by atoms with Gasteiger partial charge in [0, 0.05) is 25.7 Å². The minimum absolute atomic E-state index is 0.0315. The van der Waals surface area contributed by atoms with Crippen LogP contribution in [0.4, 0.5) is 14.7 Å². The van der Waals surface area contributed by atoms with Gasteiger partial charge in [0.1, 0.15) is 0 Å². The molecule has 0 radical (unpaired) electrons. The number of hydrogen-bond donors (Lipinski definition) is 1. The van der Waals surface area contributed by atoms with E-state index in [1.165, 1.54) is 36.6 Å². The molecular weight excluding hydrogens is 508 g/mol. The normalized spacial score (nSPS) is 23.4. The van der Waals surface area contributed by atoms with Crippen molar-refractivity contribution in [1.29, 1.82) is 0 Å². The van der Waals surface area contributed by atoms with Gasteiger partial charge in [0.2, 0.25) is 11.9 Å². The fraction of sp³-hybridized carbons (Fsp3) is 0.464. The molecule has 1 saturated carbocycles. The van der Waals surface area contributed by atoms with Crippen LogP contribution in [0.15, 0.2) is 43.0 Å². The minimum atomic E-state index is -2.61. The van der Waals surface area contributed by atoms with Gasteiger partial charge in [-0.3, -0.25) is 19.8 Å². The highest BCUT2D eigenvalue weighted by atomic mass is 32.1. The van der Waals surface area contributed by atoms with E-state index >= 15 is 0 Å². The molecule has 1 aromatic carbocycles. The number of imidazole rings is 1. The molecular formula is C28H31F2N5O2S. The lowest BCUT2D eigenvalue weighted by Crippen LogP contribution is -2.42. The number of nitrogens with zero attached hydrogens (tertiary/aromatic N) is 4. The largest absolute Gasteiger partial charge is 0.339 e. The van der Waals surface area contributed by atoms with Crippen LogP contribution >= 0.6 is 11.3 Å². The number of likely N-dealkylation sites (tertiary alicyclic amines) is 2. The molecule has 3 aliphatic rings. The zero-order valence-corrected chi connectivity index (χ0v) is 22.0. The molecule has 6 rings (SSSR count). The third kappa shape index (κ3) is 4.64. The predicted molar refractivity (Wildman–Crippen MR) is 144 cm³/mol. The molecule has 4 heterocycles. The van der Waals surface area contributed by atoms with Crippen LogP contribution < -0.4 is 5.32 Å². The maximum absolute atomic E-state index is 13.1. The lowest BCUT2D eigenvalue weighted by molar-refractivity contribution is -0.125. The van der Waals surface area contributed by atoms with E-state index in [2.05, 4.69) is 39.6 Å². The Kier molecular flexibility index (Phi) is 6.55. The van der Waals surface area contributed by atoms with Gasteiger partial charge in [0.05, 0.1) is 20.8 Å². The topological polar surface area (TPSA) is 70.5 Å². The number of benzene rings is 1. The number of carbonyl (C=O) groups excluding carboxylic acids is 2. The summed E-state index contributed by atoms with van der Waals surface area (Å²) in [4.78, 5) is 34.4. The molecule has 7 nitrogen and oxygen atoms in total. The van der Waals surface area contributed by atoms with E-state index in [1.54, 1.807) is 0 Å². The molecule has 10 heteroatoms. The highest BCUT2D eigenvalue weighted by Crippen LogP contribution is 2.55. The number of rotatable bonds is 7. The van der Waals surface area contributed by atoms with Crippen molar-refractivity contribution < 1.29 is 18.4 Å². The Hall–Kier alpha value is -3.11. The summed E-state index contributed by atoms with van der Waals surface area (Å²) in [6.45, 7) is 8.14. The smallest absolute Gasteiger partial charge is 0.272 e. The molecule has 38 heavy (non-hydrogen) atoms. The number of carbonyl (C=O) groups is 2. The fourth-order valence-corrected chi connectivity index (χ4v) is 7.12. The quantitative estimate of drug-likeness (QED) is 0.396. The number of nitrogens with one attached hydrogen (secondary N) is 1. The number of aromatic nitrogens is 2. The van der Waals surface area contributed by atoms with Gasteiger partial charge in [-0.2, -0.15) is 0 Å². The molecule has 2 aromatic heterocycles. The van der Waals surface area contributed by atoms with Crippen LogP contribution in [0.1, 0.15) is 64.7 Å². The number of thiophene rings is 1. The van der Waals surface area contributed by atoms with Crippen LogP contribution in [0, 0.1) is 5.41 Å². The van der Waals surface area contributed by atoms with Gasteiger partial charge < -0.3 is 9.47 Å². The first kappa shape index (κ1) is 25.2. The van der Waals surface area contributed by atoms with E-state index in [0.717, 1.165) is 67.8 Å². The van der Waals surface area contributed by atoms with Crippen molar-refractivity contribution in [3.63, 3.8) is 0 Å². The lowest BCUT2D eigenvalue weighted by Gasteiger charge is -2.46. The summed E-state index contributed by atoms with van der Waals surface area (Å²) in [5.74, 6) is -0.0309. The Morgan fingerprint density at radius 1 is 1.18 bits per heavy atom. The molecule has 0 bridgehead atoms. The summed E-state index contributed by atoms with van der Waals surface area (Å²) in [7, 11) is 0. The van der Waals surface area contributed by atoms with Crippen molar-refractivity contribution in [2.24, 2.45) is 5.41 Å². The van der Waals surface area contributed by atoms with E-state index in [9.17, 15) is 18.4 Å². The molecule has 1 N–H and O–H groups in total. The first-order valence-corrected chi connectivity index (χ1v) is 14.0. The van der Waals surface area contributed by atoms with Gasteiger partial charge >= 0.3 is 0 Å². The van der Waals surface area contributed by atoms with Gasteiger partial charge in [-0.25, -0.2) is 13.8 Å². The summed E-state index contributed by atoms with van der Waals surface area (Å²) in [6, 6.07) is 9.16. The van der Waals surface area contributed by atoms with Crippen molar-refractivity contribution in [2.75, 3.05) is 31.5 Å². The average Bonchev–Trinajstić information content (AvgIpc) is 3.68. The predicted octanol–water partition coefficient (Wildman–Crippen LogP) is 5.62. The number of alkyl halides is 2. The molecule has 2 amide bonds. The Bertz CT molecular complexity index is 1390. The van der Waals surface area contributed by atoms with Gasteiger partial charge in [-0.15, -0.1) is 11.3 Å². The lowest BCUT2D eigenvalue weighted by atomic mass is 9.64. The highest BCUT2D eigenvalue weighted by Gasteiger charge is 2.50. The third-order valence-corrected chi connectivity index (χ3v) is 9.37. The first-order chi connectivity index (χ1) is 18.3. The van der Waals surface area contributed by atoms with Crippen LogP contribution in [0.5, 0.6) is 0 Å². The molecule has 3 aromatic rings. The van der Waals surface area contributed by atoms with Crippen molar-refractivity contribution in [2.45, 2.75) is 51.1 Å². The number of amides is 2. The molecule has 1 aliphatic carbocycles. The van der Waals surface area contributed by atoms with Crippen molar-refractivity contribution in [1.82, 2.24) is 19.4 Å².